The van der Waals surface area contributed by atoms with E-state index in [1.807, 2.05) is 0 Å². The molecule has 0 saturated heterocycles. The Bertz CT molecular complexity index is 3220. The van der Waals surface area contributed by atoms with Crippen molar-refractivity contribution in [2.24, 2.45) is 0 Å². The predicted molar refractivity (Wildman–Crippen MR) is 235 cm³/mol. The van der Waals surface area contributed by atoms with E-state index in [0.717, 1.165) is 77.6 Å². The van der Waals surface area contributed by atoms with Crippen LogP contribution in [-0.4, -0.2) is 15.0 Å². The fourth-order valence-corrected chi connectivity index (χ4v) is 8.16. The van der Waals surface area contributed by atoms with Crippen molar-refractivity contribution < 1.29 is 0 Å². The molecule has 56 heavy (non-hydrogen) atoms. The Labute approximate surface area is 324 Å². The molecular weight excluding hydrogens is 679 g/mol. The van der Waals surface area contributed by atoms with Crippen LogP contribution >= 0.6 is 0 Å². The lowest BCUT2D eigenvalue weighted by atomic mass is 9.95. The van der Waals surface area contributed by atoms with E-state index in [1.54, 1.807) is 0 Å². The van der Waals surface area contributed by atoms with Gasteiger partial charge < -0.3 is 0 Å². The molecular formula is C53H33N3. The minimum absolute atomic E-state index is 0.892. The van der Waals surface area contributed by atoms with Crippen LogP contribution in [0.5, 0.6) is 0 Å². The predicted octanol–water partition coefficient (Wildman–Crippen LogP) is 14.0. The molecule has 11 aromatic rings. The molecule has 0 N–H and O–H groups in total. The number of rotatable bonds is 5. The maximum absolute atomic E-state index is 5.36. The first-order valence-electron chi connectivity index (χ1n) is 19.0. The number of nitrogens with zero attached hydrogens (tertiary/aromatic N) is 3. The van der Waals surface area contributed by atoms with Gasteiger partial charge in [0.25, 0.3) is 0 Å². The highest BCUT2D eigenvalue weighted by Gasteiger charge is 2.16. The zero-order chi connectivity index (χ0) is 37.0. The van der Waals surface area contributed by atoms with Crippen LogP contribution in [0.15, 0.2) is 200 Å². The second-order valence-electron chi connectivity index (χ2n) is 14.4. The van der Waals surface area contributed by atoms with Crippen molar-refractivity contribution in [1.82, 2.24) is 15.0 Å². The van der Waals surface area contributed by atoms with Gasteiger partial charge in [-0.25, -0.2) is 15.0 Å². The molecule has 0 saturated carbocycles. The third-order valence-electron chi connectivity index (χ3n) is 11.0. The maximum Gasteiger partial charge on any atom is 0.0978 e. The summed E-state index contributed by atoms with van der Waals surface area (Å²) in [5, 5.41) is 8.13. The van der Waals surface area contributed by atoms with Crippen molar-refractivity contribution in [3.05, 3.63) is 200 Å². The highest BCUT2D eigenvalue weighted by molar-refractivity contribution is 6.16. The molecule has 0 atom stereocenters. The van der Waals surface area contributed by atoms with Gasteiger partial charge in [-0.05, 0) is 80.7 Å². The average molecular weight is 712 g/mol. The number of fused-ring (bicyclic) bond motifs is 6. The Morgan fingerprint density at radius 1 is 0.250 bits per heavy atom. The second kappa shape index (κ2) is 13.1. The molecule has 3 aromatic heterocycles. The Morgan fingerprint density at radius 3 is 1.59 bits per heavy atom. The topological polar surface area (TPSA) is 38.7 Å². The van der Waals surface area contributed by atoms with Crippen molar-refractivity contribution in [3.8, 4) is 56.0 Å². The number of para-hydroxylation sites is 1. The summed E-state index contributed by atoms with van der Waals surface area (Å²) in [4.78, 5) is 15.9. The fourth-order valence-electron chi connectivity index (χ4n) is 8.16. The zero-order valence-electron chi connectivity index (χ0n) is 30.4. The standard InChI is InChI=1S/C53H33N3/c1-2-13-36(14-3-1)51-45-19-8-9-20-48(45)56-53-46(51)27-25-37-26-28-47(55-52(37)53)41-17-10-18-42(31-41)49-32-44(40-23-21-34-11-4-6-15-38(34)29-40)33-50(54-49)43-24-22-35-12-5-7-16-39(35)30-43/h1-33H. The molecule has 0 aliphatic carbocycles. The second-order valence-corrected chi connectivity index (χ2v) is 14.4. The molecule has 3 nitrogen and oxygen atoms in total. The van der Waals surface area contributed by atoms with Gasteiger partial charge in [-0.1, -0.05) is 158 Å². The van der Waals surface area contributed by atoms with E-state index in [9.17, 15) is 0 Å². The summed E-state index contributed by atoms with van der Waals surface area (Å²) in [6.45, 7) is 0. The highest BCUT2D eigenvalue weighted by Crippen LogP contribution is 2.39. The van der Waals surface area contributed by atoms with E-state index >= 15 is 0 Å². The molecule has 0 radical (unpaired) electrons. The van der Waals surface area contributed by atoms with E-state index < -0.39 is 0 Å². The summed E-state index contributed by atoms with van der Waals surface area (Å²) in [5.41, 5.74) is 13.3. The van der Waals surface area contributed by atoms with Crippen molar-refractivity contribution in [2.45, 2.75) is 0 Å². The number of hydrogen-bond acceptors (Lipinski definition) is 3. The highest BCUT2D eigenvalue weighted by atomic mass is 14.8. The Hall–Kier alpha value is -7.49. The number of pyridine rings is 3. The van der Waals surface area contributed by atoms with Crippen LogP contribution in [0.3, 0.4) is 0 Å². The third-order valence-corrected chi connectivity index (χ3v) is 11.0. The number of aromatic nitrogens is 3. The molecule has 0 fully saturated rings. The minimum Gasteiger partial charge on any atom is -0.248 e. The van der Waals surface area contributed by atoms with Crippen molar-refractivity contribution in [3.63, 3.8) is 0 Å². The lowest BCUT2D eigenvalue weighted by Crippen LogP contribution is -1.94. The molecule has 3 heteroatoms. The molecule has 8 aromatic carbocycles. The summed E-state index contributed by atoms with van der Waals surface area (Å²) in [5.74, 6) is 0. The van der Waals surface area contributed by atoms with Crippen LogP contribution in [-0.2, 0) is 0 Å². The van der Waals surface area contributed by atoms with E-state index in [1.165, 1.54) is 32.7 Å². The SMILES string of the molecule is c1ccc(-c2c3ccccc3nc3c2ccc2ccc(-c4cccc(-c5cc(-c6ccc7ccccc7c6)cc(-c6ccc7ccccc7c6)n5)c4)nc23)cc1. The van der Waals surface area contributed by atoms with Crippen molar-refractivity contribution in [1.29, 1.82) is 0 Å². The van der Waals surface area contributed by atoms with Gasteiger partial charge in [0.2, 0.25) is 0 Å². The van der Waals surface area contributed by atoms with E-state index in [-0.39, 0.29) is 0 Å². The Kier molecular flexibility index (Phi) is 7.49. The largest absolute Gasteiger partial charge is 0.248 e. The Morgan fingerprint density at radius 2 is 0.821 bits per heavy atom. The van der Waals surface area contributed by atoms with Gasteiger partial charge in [-0.2, -0.15) is 0 Å². The van der Waals surface area contributed by atoms with Gasteiger partial charge in [0.1, 0.15) is 0 Å². The van der Waals surface area contributed by atoms with Crippen LogP contribution < -0.4 is 0 Å². The minimum atomic E-state index is 0.892. The summed E-state index contributed by atoms with van der Waals surface area (Å²) in [7, 11) is 0. The van der Waals surface area contributed by atoms with Gasteiger partial charge in [-0.3, -0.25) is 0 Å². The molecule has 0 aliphatic heterocycles. The first kappa shape index (κ1) is 32.0. The van der Waals surface area contributed by atoms with Crippen LogP contribution in [0.25, 0.3) is 110 Å². The van der Waals surface area contributed by atoms with Crippen LogP contribution in [0, 0.1) is 0 Å². The Balaban J connectivity index is 1.07. The smallest absolute Gasteiger partial charge is 0.0978 e. The molecule has 0 spiro atoms. The van der Waals surface area contributed by atoms with Crippen LogP contribution in [0.2, 0.25) is 0 Å². The number of benzene rings is 8. The summed E-state index contributed by atoms with van der Waals surface area (Å²) in [6, 6.07) is 71.0. The maximum atomic E-state index is 5.36. The summed E-state index contributed by atoms with van der Waals surface area (Å²) < 4.78 is 0. The van der Waals surface area contributed by atoms with Gasteiger partial charge >= 0.3 is 0 Å². The quantitative estimate of drug-likeness (QED) is 0.132. The molecule has 0 aliphatic rings. The van der Waals surface area contributed by atoms with Gasteiger partial charge in [-0.15, -0.1) is 0 Å². The molecule has 11 rings (SSSR count). The van der Waals surface area contributed by atoms with E-state index in [4.69, 9.17) is 15.0 Å². The molecule has 0 bridgehead atoms. The lowest BCUT2D eigenvalue weighted by Gasteiger charge is -2.14. The molecule has 3 heterocycles. The molecule has 0 amide bonds. The average Bonchev–Trinajstić information content (AvgIpc) is 3.28. The first-order valence-corrected chi connectivity index (χ1v) is 19.0. The van der Waals surface area contributed by atoms with Crippen LogP contribution in [0.1, 0.15) is 0 Å². The van der Waals surface area contributed by atoms with Crippen LogP contribution in [0.4, 0.5) is 0 Å². The first-order chi connectivity index (χ1) is 27.7. The van der Waals surface area contributed by atoms with Crippen molar-refractivity contribution >= 4 is 54.3 Å². The van der Waals surface area contributed by atoms with Gasteiger partial charge in [0.15, 0.2) is 0 Å². The lowest BCUT2D eigenvalue weighted by molar-refractivity contribution is 1.32. The van der Waals surface area contributed by atoms with E-state index in [0.29, 0.717) is 0 Å². The van der Waals surface area contributed by atoms with Gasteiger partial charge in [0, 0.05) is 38.4 Å². The van der Waals surface area contributed by atoms with E-state index in [2.05, 4.69) is 200 Å². The van der Waals surface area contributed by atoms with Crippen molar-refractivity contribution in [2.75, 3.05) is 0 Å². The fraction of sp³-hybridized carbons (Fsp3) is 0. The summed E-state index contributed by atoms with van der Waals surface area (Å²) >= 11 is 0. The van der Waals surface area contributed by atoms with Gasteiger partial charge in [0.05, 0.1) is 33.6 Å². The third kappa shape index (κ3) is 5.57. The normalized spacial score (nSPS) is 11.6. The zero-order valence-corrected chi connectivity index (χ0v) is 30.4. The number of hydrogen-bond donors (Lipinski definition) is 0. The summed E-state index contributed by atoms with van der Waals surface area (Å²) in [6.07, 6.45) is 0. The molecule has 0 unspecified atom stereocenters. The molecule has 260 valence electrons. The monoisotopic (exact) mass is 711 g/mol.